The summed E-state index contributed by atoms with van der Waals surface area (Å²) >= 11 is 0. The molecule has 2 unspecified atom stereocenters. The Hall–Kier alpha value is -0.370. The molecular formula is C9H16N2. The maximum atomic E-state index is 4.63. The largest absolute Gasteiger partial charge is 0.297 e. The molecule has 11 heavy (non-hydrogen) atoms. The molecule has 62 valence electrons. The van der Waals surface area contributed by atoms with Gasteiger partial charge in [0, 0.05) is 30.8 Å². The van der Waals surface area contributed by atoms with E-state index in [2.05, 4.69) is 23.7 Å². The number of nitrogens with zero attached hydrogens (tertiary/aromatic N) is 2. The van der Waals surface area contributed by atoms with Gasteiger partial charge in [-0.3, -0.25) is 9.89 Å². The highest BCUT2D eigenvalue weighted by Gasteiger charge is 2.34. The first-order valence-electron chi connectivity index (χ1n) is 4.54. The maximum Gasteiger partial charge on any atom is 0.0443 e. The van der Waals surface area contributed by atoms with Gasteiger partial charge >= 0.3 is 0 Å². The van der Waals surface area contributed by atoms with Gasteiger partial charge < -0.3 is 0 Å². The Balaban J connectivity index is 2.07. The van der Waals surface area contributed by atoms with Crippen LogP contribution in [0.4, 0.5) is 0 Å². The fraction of sp³-hybridized carbons (Fsp3) is 0.889. The van der Waals surface area contributed by atoms with Crippen molar-refractivity contribution in [3.05, 3.63) is 0 Å². The molecule has 2 heterocycles. The third-order valence-electron chi connectivity index (χ3n) is 2.55. The lowest BCUT2D eigenvalue weighted by molar-refractivity contribution is 0.403. The summed E-state index contributed by atoms with van der Waals surface area (Å²) in [6.07, 6.45) is 1.35. The Labute approximate surface area is 68.3 Å². The summed E-state index contributed by atoms with van der Waals surface area (Å²) in [5, 5.41) is 0. The lowest BCUT2D eigenvalue weighted by atomic mass is 10.0. The molecule has 0 aromatic carbocycles. The molecule has 2 atom stereocenters. The smallest absolute Gasteiger partial charge is 0.0443 e. The second-order valence-corrected chi connectivity index (χ2v) is 3.93. The summed E-state index contributed by atoms with van der Waals surface area (Å²) in [6.45, 7) is 8.07. The van der Waals surface area contributed by atoms with Crippen LogP contribution in [0.1, 0.15) is 20.3 Å². The predicted octanol–water partition coefficient (Wildman–Crippen LogP) is 1.17. The Morgan fingerprint density at radius 1 is 1.55 bits per heavy atom. The van der Waals surface area contributed by atoms with Gasteiger partial charge in [0.2, 0.25) is 0 Å². The van der Waals surface area contributed by atoms with Crippen LogP contribution in [0.3, 0.4) is 0 Å². The van der Waals surface area contributed by atoms with Gasteiger partial charge in [-0.25, -0.2) is 0 Å². The summed E-state index contributed by atoms with van der Waals surface area (Å²) in [6, 6.07) is 0.491. The van der Waals surface area contributed by atoms with E-state index in [1.165, 1.54) is 25.2 Å². The van der Waals surface area contributed by atoms with Crippen molar-refractivity contribution < 1.29 is 0 Å². The molecule has 0 saturated carbocycles. The Kier molecular flexibility index (Phi) is 1.72. The molecule has 0 aromatic rings. The number of hydrogen-bond donors (Lipinski definition) is 0. The highest BCUT2D eigenvalue weighted by Crippen LogP contribution is 2.25. The van der Waals surface area contributed by atoms with Gasteiger partial charge in [-0.15, -0.1) is 0 Å². The van der Waals surface area contributed by atoms with Crippen LogP contribution in [0.15, 0.2) is 4.99 Å². The molecule has 2 saturated heterocycles. The maximum absolute atomic E-state index is 4.63. The molecule has 2 aliphatic heterocycles. The van der Waals surface area contributed by atoms with Crippen molar-refractivity contribution in [2.24, 2.45) is 10.9 Å². The van der Waals surface area contributed by atoms with Crippen LogP contribution in [0.5, 0.6) is 0 Å². The molecule has 0 N–H and O–H groups in total. The summed E-state index contributed by atoms with van der Waals surface area (Å²) < 4.78 is 0. The highest BCUT2D eigenvalue weighted by atomic mass is 15.2. The van der Waals surface area contributed by atoms with Crippen molar-refractivity contribution in [3.8, 4) is 0 Å². The molecule has 0 aliphatic carbocycles. The lowest BCUT2D eigenvalue weighted by Crippen LogP contribution is -2.24. The van der Waals surface area contributed by atoms with Crippen molar-refractivity contribution >= 4 is 5.71 Å². The number of rotatable bonds is 1. The number of piperidine rings is 1. The minimum atomic E-state index is 0.491. The van der Waals surface area contributed by atoms with Gasteiger partial charge in [-0.05, 0) is 26.8 Å². The number of aliphatic imine (C=N–C) groups is 1. The molecule has 0 radical (unpaired) electrons. The zero-order chi connectivity index (χ0) is 7.84. The first-order valence-corrected chi connectivity index (χ1v) is 4.54. The normalized spacial score (nSPS) is 39.4. The van der Waals surface area contributed by atoms with Crippen molar-refractivity contribution in [2.45, 2.75) is 26.3 Å². The quantitative estimate of drug-likeness (QED) is 0.550. The van der Waals surface area contributed by atoms with Crippen molar-refractivity contribution in [1.82, 2.24) is 4.90 Å². The first-order chi connectivity index (χ1) is 5.25. The van der Waals surface area contributed by atoms with Crippen LogP contribution in [0.25, 0.3) is 0 Å². The van der Waals surface area contributed by atoms with Crippen molar-refractivity contribution in [2.75, 3.05) is 19.6 Å². The molecule has 2 aliphatic rings. The predicted molar refractivity (Wildman–Crippen MR) is 47.1 cm³/mol. The van der Waals surface area contributed by atoms with Gasteiger partial charge in [0.25, 0.3) is 0 Å². The number of fused-ring (bicyclic) bond motifs is 2. The highest BCUT2D eigenvalue weighted by molar-refractivity contribution is 5.91. The molecule has 0 aromatic heterocycles. The average molecular weight is 152 g/mol. The first kappa shape index (κ1) is 7.29. The van der Waals surface area contributed by atoms with Crippen molar-refractivity contribution in [1.29, 1.82) is 0 Å². The summed E-state index contributed by atoms with van der Waals surface area (Å²) in [5.41, 5.74) is 1.46. The standard InChI is InChI=1S/C9H16N2/c1-7(2)10-9-6-11-4-3-8(9)5-11/h7-8H,3-6H2,1-2H3. The van der Waals surface area contributed by atoms with Gasteiger partial charge in [-0.1, -0.05) is 0 Å². The zero-order valence-electron chi connectivity index (χ0n) is 7.38. The molecular weight excluding hydrogens is 136 g/mol. The van der Waals surface area contributed by atoms with E-state index in [-0.39, 0.29) is 0 Å². The summed E-state index contributed by atoms with van der Waals surface area (Å²) in [4.78, 5) is 7.14. The monoisotopic (exact) mass is 152 g/mol. The lowest BCUT2D eigenvalue weighted by Gasteiger charge is -2.14. The topological polar surface area (TPSA) is 15.6 Å². The summed E-state index contributed by atoms with van der Waals surface area (Å²) in [7, 11) is 0. The van der Waals surface area contributed by atoms with Crippen LogP contribution in [-0.2, 0) is 0 Å². The van der Waals surface area contributed by atoms with Gasteiger partial charge in [0.05, 0.1) is 0 Å². The fourth-order valence-corrected chi connectivity index (χ4v) is 2.08. The van der Waals surface area contributed by atoms with Crippen LogP contribution in [0, 0.1) is 5.92 Å². The van der Waals surface area contributed by atoms with E-state index in [9.17, 15) is 0 Å². The van der Waals surface area contributed by atoms with Gasteiger partial charge in [0.1, 0.15) is 0 Å². The Bertz CT molecular complexity index is 184. The zero-order valence-corrected chi connectivity index (χ0v) is 7.38. The van der Waals surface area contributed by atoms with Crippen LogP contribution in [0.2, 0.25) is 0 Å². The SMILES string of the molecule is CC(C)N=C1CN2CCC1C2. The van der Waals surface area contributed by atoms with E-state index in [0.29, 0.717) is 6.04 Å². The molecule has 2 bridgehead atoms. The molecule has 2 heteroatoms. The minimum absolute atomic E-state index is 0.491. The molecule has 0 amide bonds. The third kappa shape index (κ3) is 1.32. The molecule has 2 fully saturated rings. The van der Waals surface area contributed by atoms with E-state index in [1.54, 1.807) is 0 Å². The second-order valence-electron chi connectivity index (χ2n) is 3.93. The van der Waals surface area contributed by atoms with E-state index in [0.717, 1.165) is 12.5 Å². The second kappa shape index (κ2) is 2.59. The molecule has 0 spiro atoms. The minimum Gasteiger partial charge on any atom is -0.297 e. The van der Waals surface area contributed by atoms with E-state index < -0.39 is 0 Å². The van der Waals surface area contributed by atoms with E-state index >= 15 is 0 Å². The average Bonchev–Trinajstić information content (AvgIpc) is 2.45. The Morgan fingerprint density at radius 3 is 2.82 bits per heavy atom. The summed E-state index contributed by atoms with van der Waals surface area (Å²) in [5.74, 6) is 0.817. The van der Waals surface area contributed by atoms with Crippen LogP contribution in [-0.4, -0.2) is 36.3 Å². The molecule has 2 nitrogen and oxygen atoms in total. The van der Waals surface area contributed by atoms with E-state index in [1.807, 2.05) is 0 Å². The number of hydrogen-bond acceptors (Lipinski definition) is 2. The van der Waals surface area contributed by atoms with E-state index in [4.69, 9.17) is 0 Å². The van der Waals surface area contributed by atoms with Gasteiger partial charge in [-0.2, -0.15) is 0 Å². The van der Waals surface area contributed by atoms with Gasteiger partial charge in [0.15, 0.2) is 0 Å². The van der Waals surface area contributed by atoms with Crippen LogP contribution < -0.4 is 0 Å². The van der Waals surface area contributed by atoms with Crippen molar-refractivity contribution in [3.63, 3.8) is 0 Å². The molecule has 2 rings (SSSR count). The van der Waals surface area contributed by atoms with Crippen LogP contribution >= 0.6 is 0 Å². The third-order valence-corrected chi connectivity index (χ3v) is 2.55. The fourth-order valence-electron chi connectivity index (χ4n) is 2.08. The Morgan fingerprint density at radius 2 is 2.36 bits per heavy atom.